The van der Waals surface area contributed by atoms with Crippen LogP contribution in [0, 0.1) is 5.92 Å². The number of ether oxygens (including phenoxy) is 1. The van der Waals surface area contributed by atoms with Crippen LogP contribution in [0.2, 0.25) is 0 Å². The molecule has 2 atom stereocenters. The van der Waals surface area contributed by atoms with Crippen LogP contribution in [0.3, 0.4) is 0 Å². The fourth-order valence-corrected chi connectivity index (χ4v) is 7.82. The quantitative estimate of drug-likeness (QED) is 0.669. The highest BCUT2D eigenvalue weighted by atomic mass is 32.2. The van der Waals surface area contributed by atoms with Crippen molar-refractivity contribution in [2.75, 3.05) is 5.32 Å². The molecule has 5 rings (SSSR count). The third-order valence-electron chi connectivity index (χ3n) is 7.08. The zero-order chi connectivity index (χ0) is 22.1. The van der Waals surface area contributed by atoms with E-state index in [4.69, 9.17) is 9.15 Å². The summed E-state index contributed by atoms with van der Waals surface area (Å²) in [4.78, 5) is 15.7. The second-order valence-electron chi connectivity index (χ2n) is 9.22. The Morgan fingerprint density at radius 3 is 2.44 bits per heavy atom. The lowest BCUT2D eigenvalue weighted by molar-refractivity contribution is 0.146. The van der Waals surface area contributed by atoms with Gasteiger partial charge in [0.1, 0.15) is 0 Å². The highest BCUT2D eigenvalue weighted by molar-refractivity contribution is 7.89. The maximum absolute atomic E-state index is 13.0. The summed E-state index contributed by atoms with van der Waals surface area (Å²) >= 11 is 0. The maximum Gasteiger partial charge on any atom is 0.412 e. The number of amides is 1. The van der Waals surface area contributed by atoms with Gasteiger partial charge in [-0.3, -0.25) is 5.32 Å². The van der Waals surface area contributed by atoms with Gasteiger partial charge in [-0.2, -0.15) is 4.31 Å². The molecule has 2 aromatic rings. The van der Waals surface area contributed by atoms with E-state index < -0.39 is 16.1 Å². The number of hydrogen-bond acceptors (Lipinski definition) is 6. The number of hydrogen-bond donors (Lipinski definition) is 1. The summed E-state index contributed by atoms with van der Waals surface area (Å²) in [6, 6.07) is 8.12. The topological polar surface area (TPSA) is 102 Å². The average Bonchev–Trinajstić information content (AvgIpc) is 3.33. The molecule has 0 radical (unpaired) electrons. The minimum absolute atomic E-state index is 0.0292. The van der Waals surface area contributed by atoms with Crippen molar-refractivity contribution in [3.05, 3.63) is 48.2 Å². The number of nitrogens with one attached hydrogen (secondary N) is 1. The van der Waals surface area contributed by atoms with Gasteiger partial charge >= 0.3 is 6.09 Å². The van der Waals surface area contributed by atoms with Crippen LogP contribution in [0.5, 0.6) is 0 Å². The number of oxazole rings is 1. The third kappa shape index (κ3) is 4.41. The molecule has 1 aromatic heterocycles. The summed E-state index contributed by atoms with van der Waals surface area (Å²) in [7, 11) is -3.12. The molecule has 2 aliphatic heterocycles. The van der Waals surface area contributed by atoms with Crippen LogP contribution in [0.15, 0.2) is 41.3 Å². The van der Waals surface area contributed by atoms with Crippen LogP contribution in [-0.2, 0) is 27.8 Å². The summed E-state index contributed by atoms with van der Waals surface area (Å²) in [6.07, 6.45) is 9.74. The molecule has 0 spiro atoms. The summed E-state index contributed by atoms with van der Waals surface area (Å²) in [5.41, 5.74) is 1.86. The Morgan fingerprint density at radius 1 is 1.12 bits per heavy atom. The molecule has 2 saturated heterocycles. The molecule has 3 heterocycles. The lowest BCUT2D eigenvalue weighted by Gasteiger charge is -2.41. The molecule has 1 N–H and O–H groups in total. The van der Waals surface area contributed by atoms with Gasteiger partial charge in [-0.25, -0.2) is 18.2 Å². The van der Waals surface area contributed by atoms with Gasteiger partial charge < -0.3 is 9.15 Å². The number of carbonyl (C=O) groups is 1. The van der Waals surface area contributed by atoms with Gasteiger partial charge in [0, 0.05) is 17.8 Å². The Bertz CT molecular complexity index is 1020. The molecule has 8 nitrogen and oxygen atoms in total. The van der Waals surface area contributed by atoms with E-state index in [9.17, 15) is 13.2 Å². The monoisotopic (exact) mass is 459 g/mol. The summed E-state index contributed by atoms with van der Waals surface area (Å²) in [5, 5.41) is 2.57. The van der Waals surface area contributed by atoms with Gasteiger partial charge in [-0.05, 0) is 68.6 Å². The number of sulfonamides is 1. The molecule has 32 heavy (non-hydrogen) atoms. The Kier molecular flexibility index (Phi) is 5.94. The fourth-order valence-electron chi connectivity index (χ4n) is 5.33. The summed E-state index contributed by atoms with van der Waals surface area (Å²) in [6.45, 7) is 0.0292. The van der Waals surface area contributed by atoms with Crippen LogP contribution in [0.4, 0.5) is 10.5 Å². The molecule has 172 valence electrons. The van der Waals surface area contributed by atoms with E-state index in [0.717, 1.165) is 51.4 Å². The van der Waals surface area contributed by atoms with Gasteiger partial charge in [-0.1, -0.05) is 18.6 Å². The third-order valence-corrected chi connectivity index (χ3v) is 9.58. The van der Waals surface area contributed by atoms with Crippen LogP contribution in [0.25, 0.3) is 0 Å². The molecule has 1 amide bonds. The predicted molar refractivity (Wildman–Crippen MR) is 118 cm³/mol. The Balaban J connectivity index is 1.13. The highest BCUT2D eigenvalue weighted by Gasteiger charge is 2.49. The first-order chi connectivity index (χ1) is 15.5. The molecule has 3 aliphatic rings. The van der Waals surface area contributed by atoms with Crippen molar-refractivity contribution in [1.29, 1.82) is 0 Å². The number of anilines is 1. The second kappa shape index (κ2) is 8.86. The van der Waals surface area contributed by atoms with Gasteiger partial charge in [0.25, 0.3) is 0 Å². The molecule has 2 unspecified atom stereocenters. The first-order valence-corrected chi connectivity index (χ1v) is 12.9. The van der Waals surface area contributed by atoms with E-state index >= 15 is 0 Å². The van der Waals surface area contributed by atoms with E-state index in [-0.39, 0.29) is 23.9 Å². The van der Waals surface area contributed by atoms with E-state index in [1.807, 2.05) is 28.6 Å². The normalized spacial score (nSPS) is 25.9. The number of benzene rings is 1. The number of piperidine rings is 1. The molecule has 1 aromatic carbocycles. The Labute approximate surface area is 188 Å². The molecule has 1 aliphatic carbocycles. The van der Waals surface area contributed by atoms with Crippen LogP contribution < -0.4 is 5.32 Å². The first kappa shape index (κ1) is 21.5. The minimum Gasteiger partial charge on any atom is -0.445 e. The van der Waals surface area contributed by atoms with Crippen molar-refractivity contribution in [2.45, 2.75) is 75.3 Å². The van der Waals surface area contributed by atoms with Crippen LogP contribution in [-0.4, -0.2) is 41.1 Å². The number of aromatic nitrogens is 1. The van der Waals surface area contributed by atoms with Gasteiger partial charge in [0.05, 0.1) is 11.4 Å². The second-order valence-corrected chi connectivity index (χ2v) is 11.3. The number of carbonyl (C=O) groups excluding carboxylic acids is 1. The molecular weight excluding hydrogens is 430 g/mol. The van der Waals surface area contributed by atoms with Gasteiger partial charge in [-0.15, -0.1) is 0 Å². The lowest BCUT2D eigenvalue weighted by atomic mass is 9.87. The Hall–Kier alpha value is -2.39. The van der Waals surface area contributed by atoms with Gasteiger partial charge in [0.15, 0.2) is 18.8 Å². The zero-order valence-corrected chi connectivity index (χ0v) is 18.8. The van der Waals surface area contributed by atoms with E-state index in [2.05, 4.69) is 10.3 Å². The smallest absolute Gasteiger partial charge is 0.412 e. The van der Waals surface area contributed by atoms with E-state index in [0.29, 0.717) is 17.4 Å². The van der Waals surface area contributed by atoms with Crippen LogP contribution >= 0.6 is 0 Å². The minimum atomic E-state index is -3.12. The van der Waals surface area contributed by atoms with Crippen LogP contribution in [0.1, 0.15) is 56.3 Å². The standard InChI is InChI=1S/C23H29N3O5S/c27-23(30-14-21-13-24-15-31-21)25-18-6-4-16(5-7-18)10-17-11-19-8-9-20(12-17)26(19)32(28,29)22-2-1-3-22/h4-7,13,15,17,19-20,22H,1-3,8-12,14H2,(H,25,27). The van der Waals surface area contributed by atoms with Crippen molar-refractivity contribution >= 4 is 21.8 Å². The molecule has 1 saturated carbocycles. The fraction of sp³-hybridized carbons (Fsp3) is 0.565. The number of nitrogens with zero attached hydrogens (tertiary/aromatic N) is 2. The first-order valence-electron chi connectivity index (χ1n) is 11.4. The van der Waals surface area contributed by atoms with Gasteiger partial charge in [0.2, 0.25) is 10.0 Å². The largest absolute Gasteiger partial charge is 0.445 e. The molecule has 2 bridgehead atoms. The zero-order valence-electron chi connectivity index (χ0n) is 18.0. The van der Waals surface area contributed by atoms with Crippen molar-refractivity contribution in [1.82, 2.24) is 9.29 Å². The average molecular weight is 460 g/mol. The predicted octanol–water partition coefficient (Wildman–Crippen LogP) is 4.09. The molecule has 9 heteroatoms. The van der Waals surface area contributed by atoms with E-state index in [1.54, 1.807) is 0 Å². The molecular formula is C23H29N3O5S. The lowest BCUT2D eigenvalue weighted by Crippen LogP contribution is -2.51. The SMILES string of the molecule is O=C(Nc1ccc(CC2CC3CCC(C2)N3S(=O)(=O)C2CCC2)cc1)OCc1cnco1. The molecule has 3 fully saturated rings. The summed E-state index contributed by atoms with van der Waals surface area (Å²) in [5.74, 6) is 0.974. The van der Waals surface area contributed by atoms with Crippen molar-refractivity contribution < 1.29 is 22.4 Å². The summed E-state index contributed by atoms with van der Waals surface area (Å²) < 4.78 is 38.0. The number of rotatable bonds is 7. The van der Waals surface area contributed by atoms with Crippen molar-refractivity contribution in [2.24, 2.45) is 5.92 Å². The van der Waals surface area contributed by atoms with Crippen molar-refractivity contribution in [3.63, 3.8) is 0 Å². The highest BCUT2D eigenvalue weighted by Crippen LogP contribution is 2.44. The van der Waals surface area contributed by atoms with E-state index in [1.165, 1.54) is 18.2 Å². The van der Waals surface area contributed by atoms with Crippen molar-refractivity contribution in [3.8, 4) is 0 Å². The number of fused-ring (bicyclic) bond motifs is 2. The Morgan fingerprint density at radius 2 is 1.84 bits per heavy atom. The maximum atomic E-state index is 13.0.